The molecule has 188 valence electrons. The van der Waals surface area contributed by atoms with Gasteiger partial charge < -0.3 is 14.4 Å². The van der Waals surface area contributed by atoms with Gasteiger partial charge in [-0.1, -0.05) is 31.0 Å². The maximum atomic E-state index is 13.2. The van der Waals surface area contributed by atoms with Crippen LogP contribution in [0.3, 0.4) is 0 Å². The molecule has 5 rings (SSSR count). The van der Waals surface area contributed by atoms with Gasteiger partial charge >= 0.3 is 0 Å². The number of hydrogen-bond donors (Lipinski definition) is 1. The number of nitrogens with zero attached hydrogens (tertiary/aromatic N) is 3. The third kappa shape index (κ3) is 4.40. The van der Waals surface area contributed by atoms with Crippen molar-refractivity contribution in [1.82, 2.24) is 19.6 Å². The van der Waals surface area contributed by atoms with Crippen molar-refractivity contribution >= 4 is 17.9 Å². The summed E-state index contributed by atoms with van der Waals surface area (Å²) in [6, 6.07) is 13.4. The number of halogens is 1. The summed E-state index contributed by atoms with van der Waals surface area (Å²) in [5.74, 6) is 1.24. The van der Waals surface area contributed by atoms with Crippen LogP contribution in [-0.4, -0.2) is 47.1 Å². The molecule has 0 radical (unpaired) electrons. The number of nitrogens with one attached hydrogen (secondary N) is 1. The molecule has 6 nitrogen and oxygen atoms in total. The van der Waals surface area contributed by atoms with Crippen molar-refractivity contribution in [3.05, 3.63) is 94.7 Å². The summed E-state index contributed by atoms with van der Waals surface area (Å²) in [6.07, 6.45) is 8.77. The fraction of sp³-hybridized carbons (Fsp3) is 0.321. The topological polar surface area (TPSA) is 48.1 Å². The van der Waals surface area contributed by atoms with Gasteiger partial charge in [0.25, 0.3) is 5.91 Å². The van der Waals surface area contributed by atoms with Gasteiger partial charge in [-0.3, -0.25) is 9.80 Å². The molecule has 2 atom stereocenters. The lowest BCUT2D eigenvalue weighted by Crippen LogP contribution is -2.35. The number of fused-ring (bicyclic) bond motifs is 2. The standard InChI is InChI=1S/C28H31FN4O2S/c1-18-6-5-15-33(36-4)25-17-32-24(16-23(18)25)26(28(34)30-2)27(31(32)3)19-7-11-21(12-8-19)35-22-13-9-20(29)10-14-22/h7-14,16-18,27H,5-6,15H2,1-4H3,(H,30,34). The zero-order valence-corrected chi connectivity index (χ0v) is 21.8. The molecule has 2 aromatic rings. The Hall–Kier alpha value is -3.23. The second-order valence-corrected chi connectivity index (χ2v) is 10.1. The number of ether oxygens (including phenoxy) is 1. The van der Waals surface area contributed by atoms with Crippen LogP contribution in [0.1, 0.15) is 31.4 Å². The Morgan fingerprint density at radius 1 is 1.11 bits per heavy atom. The molecule has 3 aliphatic rings. The Morgan fingerprint density at radius 2 is 1.78 bits per heavy atom. The molecule has 0 spiro atoms. The molecular formula is C28H31FN4O2S. The first-order valence-corrected chi connectivity index (χ1v) is 13.4. The number of allylic oxidation sites excluding steroid dienone is 2. The van der Waals surface area contributed by atoms with Crippen LogP contribution in [0.4, 0.5) is 4.39 Å². The number of benzene rings is 2. The fourth-order valence-electron chi connectivity index (χ4n) is 5.18. The summed E-state index contributed by atoms with van der Waals surface area (Å²) in [7, 11) is 3.69. The summed E-state index contributed by atoms with van der Waals surface area (Å²) >= 11 is 1.74. The van der Waals surface area contributed by atoms with E-state index in [2.05, 4.69) is 45.1 Å². The summed E-state index contributed by atoms with van der Waals surface area (Å²) in [4.78, 5) is 13.2. The van der Waals surface area contributed by atoms with Crippen molar-refractivity contribution in [2.75, 3.05) is 26.9 Å². The van der Waals surface area contributed by atoms with Crippen molar-refractivity contribution in [3.63, 3.8) is 0 Å². The van der Waals surface area contributed by atoms with Gasteiger partial charge in [0.2, 0.25) is 0 Å². The predicted octanol–water partition coefficient (Wildman–Crippen LogP) is 5.61. The zero-order chi connectivity index (χ0) is 25.4. The molecule has 36 heavy (non-hydrogen) atoms. The van der Waals surface area contributed by atoms with Gasteiger partial charge in [0.15, 0.2) is 0 Å². The van der Waals surface area contributed by atoms with Crippen molar-refractivity contribution in [1.29, 1.82) is 0 Å². The molecule has 1 amide bonds. The Morgan fingerprint density at radius 3 is 2.42 bits per heavy atom. The number of rotatable bonds is 5. The molecule has 1 saturated heterocycles. The first-order chi connectivity index (χ1) is 17.4. The van der Waals surface area contributed by atoms with Crippen molar-refractivity contribution in [3.8, 4) is 11.5 Å². The molecule has 0 aliphatic carbocycles. The lowest BCUT2D eigenvalue weighted by atomic mass is 9.91. The Bertz CT molecular complexity index is 1240. The van der Waals surface area contributed by atoms with Gasteiger partial charge in [0, 0.05) is 33.1 Å². The molecule has 0 aromatic heterocycles. The largest absolute Gasteiger partial charge is 0.457 e. The molecule has 0 saturated carbocycles. The van der Waals surface area contributed by atoms with Crippen molar-refractivity contribution in [2.45, 2.75) is 25.8 Å². The summed E-state index contributed by atoms with van der Waals surface area (Å²) in [6.45, 7) is 3.28. The van der Waals surface area contributed by atoms with Crippen molar-refractivity contribution in [2.24, 2.45) is 5.92 Å². The first kappa shape index (κ1) is 24.5. The highest BCUT2D eigenvalue weighted by Gasteiger charge is 2.42. The third-order valence-corrected chi connectivity index (χ3v) is 7.90. The molecule has 3 heterocycles. The van der Waals surface area contributed by atoms with Crippen molar-refractivity contribution < 1.29 is 13.9 Å². The SMILES string of the molecule is CNC(=O)C1=C2C=C3C(=CN2N(C)C1c1ccc(Oc2ccc(F)cc2)cc1)N(SC)CCCC3C. The minimum Gasteiger partial charge on any atom is -0.457 e. The molecule has 1 N–H and O–H groups in total. The van der Waals surface area contributed by atoms with Gasteiger partial charge in [0.05, 0.1) is 23.0 Å². The average Bonchev–Trinajstić information content (AvgIpc) is 3.08. The molecular weight excluding hydrogens is 475 g/mol. The van der Waals surface area contributed by atoms with Crippen LogP contribution in [0.5, 0.6) is 11.5 Å². The van der Waals surface area contributed by atoms with E-state index in [0.717, 1.165) is 36.2 Å². The number of carbonyl (C=O) groups excluding carboxylic acids is 1. The Kier molecular flexibility index (Phi) is 6.81. The van der Waals surface area contributed by atoms with E-state index in [1.165, 1.54) is 23.4 Å². The number of hydrogen-bond acceptors (Lipinski definition) is 6. The van der Waals surface area contributed by atoms with E-state index in [-0.39, 0.29) is 17.8 Å². The van der Waals surface area contributed by atoms with Crippen LogP contribution >= 0.6 is 11.9 Å². The minimum absolute atomic E-state index is 0.0901. The molecule has 2 unspecified atom stereocenters. The molecule has 1 fully saturated rings. The second-order valence-electron chi connectivity index (χ2n) is 9.27. The van der Waals surface area contributed by atoms with Crippen LogP contribution in [0, 0.1) is 11.7 Å². The summed E-state index contributed by atoms with van der Waals surface area (Å²) < 4.78 is 21.4. The first-order valence-electron chi connectivity index (χ1n) is 12.2. The van der Waals surface area contributed by atoms with Gasteiger partial charge in [-0.05, 0) is 72.4 Å². The predicted molar refractivity (Wildman–Crippen MR) is 141 cm³/mol. The molecule has 8 heteroatoms. The Balaban J connectivity index is 1.51. The summed E-state index contributed by atoms with van der Waals surface area (Å²) in [5, 5.41) is 7.08. The lowest BCUT2D eigenvalue weighted by molar-refractivity contribution is -0.117. The molecule has 0 bridgehead atoms. The quantitative estimate of drug-likeness (QED) is 0.532. The van der Waals surface area contributed by atoms with E-state index in [9.17, 15) is 9.18 Å². The third-order valence-electron chi connectivity index (χ3n) is 7.08. The maximum Gasteiger partial charge on any atom is 0.251 e. The highest BCUT2D eigenvalue weighted by atomic mass is 32.2. The summed E-state index contributed by atoms with van der Waals surface area (Å²) in [5.41, 5.74) is 5.12. The molecule has 2 aromatic carbocycles. The van der Waals surface area contributed by atoms with Crippen LogP contribution in [0.2, 0.25) is 0 Å². The van der Waals surface area contributed by atoms with Gasteiger partial charge in [-0.15, -0.1) is 0 Å². The monoisotopic (exact) mass is 506 g/mol. The van der Waals surface area contributed by atoms with E-state index in [1.54, 1.807) is 31.1 Å². The maximum absolute atomic E-state index is 13.2. The second kappa shape index (κ2) is 10.0. The highest BCUT2D eigenvalue weighted by Crippen LogP contribution is 2.46. The van der Waals surface area contributed by atoms with Crippen LogP contribution in [0.25, 0.3) is 0 Å². The van der Waals surface area contributed by atoms with Crippen LogP contribution in [-0.2, 0) is 4.79 Å². The van der Waals surface area contributed by atoms with E-state index in [0.29, 0.717) is 17.4 Å². The normalized spacial score (nSPS) is 21.9. The lowest BCUT2D eigenvalue weighted by Gasteiger charge is -2.35. The van der Waals surface area contributed by atoms with E-state index in [1.807, 2.05) is 31.3 Å². The number of hydrazine groups is 1. The number of amides is 1. The highest BCUT2D eigenvalue weighted by molar-refractivity contribution is 7.96. The van der Waals surface area contributed by atoms with E-state index in [4.69, 9.17) is 4.74 Å². The number of likely N-dealkylation sites (N-methyl/N-ethyl adjacent to an activating group) is 2. The average molecular weight is 507 g/mol. The van der Waals surface area contributed by atoms with Gasteiger partial charge in [0.1, 0.15) is 17.3 Å². The number of carbonyl (C=O) groups is 1. The fourth-order valence-corrected chi connectivity index (χ4v) is 5.85. The van der Waals surface area contributed by atoms with Gasteiger partial charge in [-0.25, -0.2) is 9.40 Å². The van der Waals surface area contributed by atoms with Gasteiger partial charge in [-0.2, -0.15) is 0 Å². The van der Waals surface area contributed by atoms with E-state index < -0.39 is 0 Å². The Labute approximate surface area is 216 Å². The zero-order valence-electron chi connectivity index (χ0n) is 21.0. The molecule has 3 aliphatic heterocycles. The minimum atomic E-state index is -0.302. The van der Waals surface area contributed by atoms with Crippen LogP contribution < -0.4 is 10.1 Å². The smallest absolute Gasteiger partial charge is 0.251 e. The van der Waals surface area contributed by atoms with Crippen LogP contribution in [0.15, 0.2) is 83.3 Å². The van der Waals surface area contributed by atoms with E-state index >= 15 is 0 Å².